The van der Waals surface area contributed by atoms with Crippen molar-refractivity contribution in [3.8, 4) is 0 Å². The van der Waals surface area contributed by atoms with E-state index in [1.54, 1.807) is 0 Å². The lowest BCUT2D eigenvalue weighted by atomic mass is 11.0. The van der Waals surface area contributed by atoms with Gasteiger partial charge in [-0.2, -0.15) is 0 Å². The first-order chi connectivity index (χ1) is 10.0. The molecule has 0 aromatic heterocycles. The molecular weight excluding hydrogens is 254 g/mol. The fraction of sp³-hybridized carbons (Fsp3) is 1.00. The van der Waals surface area contributed by atoms with Crippen LogP contribution in [0.25, 0.3) is 0 Å². The number of hydrogen-bond donors (Lipinski definition) is 5. The lowest BCUT2D eigenvalue weighted by Gasteiger charge is -1.21. The summed E-state index contributed by atoms with van der Waals surface area (Å²) in [6.45, 7) is 20.0. The second-order valence-electron chi connectivity index (χ2n) is 0. The Hall–Kier alpha value is -0.200. The lowest BCUT2D eigenvalue weighted by molar-refractivity contribution is 0.399. The summed E-state index contributed by atoms with van der Waals surface area (Å²) in [5, 5.41) is 14.0. The van der Waals surface area contributed by atoms with Crippen molar-refractivity contribution in [2.24, 2.45) is 17.2 Å². The molecule has 0 amide bonds. The Morgan fingerprint density at radius 3 is 0.300 bits per heavy atom. The van der Waals surface area contributed by atoms with Gasteiger partial charge in [-0.15, -0.1) is 0 Å². The van der Waals surface area contributed by atoms with Gasteiger partial charge in [0.15, 0.2) is 0 Å². The zero-order valence-corrected chi connectivity index (χ0v) is 17.6. The normalized spacial score (nSPS) is 3.00. The van der Waals surface area contributed by atoms with Gasteiger partial charge in [0, 0.05) is 14.2 Å². The molecule has 140 valence electrons. The molecule has 0 atom stereocenters. The van der Waals surface area contributed by atoms with Crippen LogP contribution < -0.4 is 17.2 Å². The third kappa shape index (κ3) is 126000. The highest BCUT2D eigenvalue weighted by Crippen LogP contribution is 1.15. The monoisotopic (exact) mass is 307 g/mol. The number of aliphatic hydroxyl groups is 2. The zero-order chi connectivity index (χ0) is 20.0. The van der Waals surface area contributed by atoms with Gasteiger partial charge in [-0.1, -0.05) is 69.2 Å². The Bertz CT molecular complexity index is 21.1. The van der Waals surface area contributed by atoms with E-state index in [1.807, 2.05) is 69.2 Å². The zero-order valence-electron chi connectivity index (χ0n) is 17.6. The van der Waals surface area contributed by atoms with Gasteiger partial charge in [0.2, 0.25) is 0 Å². The highest BCUT2D eigenvalue weighted by atomic mass is 16.2. The fourth-order valence-electron chi connectivity index (χ4n) is 0. The Morgan fingerprint density at radius 1 is 0.300 bits per heavy atom. The molecule has 0 rings (SSSR count). The van der Waals surface area contributed by atoms with Crippen molar-refractivity contribution in [3.63, 3.8) is 0 Å². The first-order valence-corrected chi connectivity index (χ1v) is 7.63. The molecule has 8 N–H and O–H groups in total. The van der Waals surface area contributed by atoms with Crippen LogP contribution >= 0.6 is 0 Å². The predicted molar refractivity (Wildman–Crippen MR) is 103 cm³/mol. The fourth-order valence-corrected chi connectivity index (χ4v) is 0. The molecule has 0 aromatic rings. The molecule has 5 heteroatoms. The van der Waals surface area contributed by atoms with E-state index >= 15 is 0 Å². The van der Waals surface area contributed by atoms with Gasteiger partial charge in [-0.25, -0.2) is 0 Å². The maximum absolute atomic E-state index is 7.00. The molecule has 0 spiro atoms. The Kier molecular flexibility index (Phi) is 543000. The standard InChI is InChI=1S/5C2H6.3CH5N.2CH4O/c10*1-2/h5*1-2H3;3*2H2,1H3;2*2H,1H3. The van der Waals surface area contributed by atoms with Crippen molar-refractivity contribution >= 4 is 0 Å². The summed E-state index contributed by atoms with van der Waals surface area (Å²) in [5.41, 5.74) is 13.5. The molecule has 5 nitrogen and oxygen atoms in total. The summed E-state index contributed by atoms with van der Waals surface area (Å²) in [6.07, 6.45) is 0. The highest BCUT2D eigenvalue weighted by Gasteiger charge is 0.941. The Labute approximate surface area is 133 Å². The third-order valence-electron chi connectivity index (χ3n) is 0. The quantitative estimate of drug-likeness (QED) is 0.471. The van der Waals surface area contributed by atoms with Crippen molar-refractivity contribution in [1.82, 2.24) is 0 Å². The predicted octanol–water partition coefficient (Wildman–Crippen LogP) is 3.07. The second kappa shape index (κ2) is 149000. The highest BCUT2D eigenvalue weighted by molar-refractivity contribution is 3.54. The van der Waals surface area contributed by atoms with Crippen molar-refractivity contribution in [2.75, 3.05) is 35.4 Å². The molecule has 0 radical (unpaired) electrons. The summed E-state index contributed by atoms with van der Waals surface area (Å²) in [4.78, 5) is 0. The number of nitrogens with two attached hydrogens (primary N) is 3. The van der Waals surface area contributed by atoms with Crippen molar-refractivity contribution in [2.45, 2.75) is 69.2 Å². The summed E-state index contributed by atoms with van der Waals surface area (Å²) in [6, 6.07) is 0. The van der Waals surface area contributed by atoms with E-state index in [1.165, 1.54) is 21.1 Å². The van der Waals surface area contributed by atoms with Crippen LogP contribution in [0.4, 0.5) is 0 Å². The molecule has 0 bridgehead atoms. The maximum atomic E-state index is 7.00. The van der Waals surface area contributed by atoms with Crippen LogP contribution in [-0.2, 0) is 0 Å². The first kappa shape index (κ1) is 72.9. The van der Waals surface area contributed by atoms with Crippen molar-refractivity contribution in [3.05, 3.63) is 0 Å². The molecule has 0 saturated carbocycles. The molecule has 0 fully saturated rings. The average Bonchev–Trinajstić information content (AvgIpc) is 2.71. The number of rotatable bonds is 0. The molecule has 0 aliphatic carbocycles. The van der Waals surface area contributed by atoms with E-state index in [-0.39, 0.29) is 0 Å². The van der Waals surface area contributed by atoms with Crippen LogP contribution in [-0.4, -0.2) is 45.6 Å². The van der Waals surface area contributed by atoms with E-state index in [0.29, 0.717) is 0 Å². The molecule has 0 aliphatic heterocycles. The summed E-state index contributed by atoms with van der Waals surface area (Å²) < 4.78 is 0. The van der Waals surface area contributed by atoms with Gasteiger partial charge < -0.3 is 27.4 Å². The molecule has 0 saturated heterocycles. The van der Waals surface area contributed by atoms with E-state index in [0.717, 1.165) is 14.2 Å². The molecule has 0 heterocycles. The molecule has 0 unspecified atom stereocenters. The van der Waals surface area contributed by atoms with Gasteiger partial charge in [0.05, 0.1) is 0 Å². The number of hydrogen-bond acceptors (Lipinski definition) is 5. The lowest BCUT2D eigenvalue weighted by Crippen LogP contribution is -1.69. The van der Waals surface area contributed by atoms with Gasteiger partial charge in [0.25, 0.3) is 0 Å². The minimum Gasteiger partial charge on any atom is -0.400 e. The van der Waals surface area contributed by atoms with Gasteiger partial charge in [0.1, 0.15) is 0 Å². The minimum absolute atomic E-state index is 1.00. The largest absolute Gasteiger partial charge is 0.400 e. The van der Waals surface area contributed by atoms with Gasteiger partial charge in [-0.3, -0.25) is 0 Å². The summed E-state index contributed by atoms with van der Waals surface area (Å²) >= 11 is 0. The van der Waals surface area contributed by atoms with E-state index in [9.17, 15) is 0 Å². The maximum Gasteiger partial charge on any atom is 0.0319 e. The third-order valence-corrected chi connectivity index (χ3v) is 0. The van der Waals surface area contributed by atoms with E-state index in [2.05, 4.69) is 17.2 Å². The van der Waals surface area contributed by atoms with Crippen molar-refractivity contribution in [1.29, 1.82) is 0 Å². The molecular formula is C15H53N3O2. The van der Waals surface area contributed by atoms with Crippen LogP contribution in [0, 0.1) is 0 Å². The molecule has 0 aromatic carbocycles. The van der Waals surface area contributed by atoms with Crippen LogP contribution in [0.3, 0.4) is 0 Å². The Balaban J connectivity index is -0.00000000694. The van der Waals surface area contributed by atoms with Crippen molar-refractivity contribution < 1.29 is 10.2 Å². The van der Waals surface area contributed by atoms with Crippen LogP contribution in [0.2, 0.25) is 0 Å². The van der Waals surface area contributed by atoms with E-state index in [4.69, 9.17) is 10.2 Å². The topological polar surface area (TPSA) is 119 Å². The van der Waals surface area contributed by atoms with Gasteiger partial charge >= 0.3 is 0 Å². The summed E-state index contributed by atoms with van der Waals surface area (Å²) in [7, 11) is 6.50. The molecule has 0 aliphatic rings. The van der Waals surface area contributed by atoms with Gasteiger partial charge in [-0.05, 0) is 21.1 Å². The number of aliphatic hydroxyl groups excluding tert-OH is 2. The SMILES string of the molecule is CC.CC.CC.CC.CC.CN.CN.CN.CO.CO. The minimum atomic E-state index is 1.00. The smallest absolute Gasteiger partial charge is 0.0319 e. The van der Waals surface area contributed by atoms with E-state index < -0.39 is 0 Å². The average molecular weight is 308 g/mol. The Morgan fingerprint density at radius 2 is 0.300 bits per heavy atom. The van der Waals surface area contributed by atoms with Crippen LogP contribution in [0.15, 0.2) is 0 Å². The molecule has 20 heavy (non-hydrogen) atoms. The second-order valence-corrected chi connectivity index (χ2v) is 0. The van der Waals surface area contributed by atoms with Crippen LogP contribution in [0.1, 0.15) is 69.2 Å². The first-order valence-electron chi connectivity index (χ1n) is 7.63. The van der Waals surface area contributed by atoms with Crippen LogP contribution in [0.5, 0.6) is 0 Å². The summed E-state index contributed by atoms with van der Waals surface area (Å²) in [5.74, 6) is 0.